The van der Waals surface area contributed by atoms with Gasteiger partial charge in [-0.1, -0.05) is 6.92 Å². The van der Waals surface area contributed by atoms with Crippen LogP contribution in [0.3, 0.4) is 0 Å². The lowest BCUT2D eigenvalue weighted by atomic mass is 9.97. The van der Waals surface area contributed by atoms with Gasteiger partial charge in [-0.25, -0.2) is 9.79 Å². The SMILES string of the molecule is CCCOc1ccc(N2CCC(=C(N)C(=O)OCC)C(=Nc3ccc(OC)cc3)C2=O)cc1NCC. The van der Waals surface area contributed by atoms with E-state index in [0.717, 1.165) is 17.9 Å². The van der Waals surface area contributed by atoms with Gasteiger partial charge < -0.3 is 30.2 Å². The molecule has 0 bridgehead atoms. The molecule has 9 heteroatoms. The van der Waals surface area contributed by atoms with Gasteiger partial charge in [-0.15, -0.1) is 0 Å². The van der Waals surface area contributed by atoms with Crippen LogP contribution < -0.4 is 25.4 Å². The fourth-order valence-corrected chi connectivity index (χ4v) is 3.79. The van der Waals surface area contributed by atoms with Crippen LogP contribution in [0.25, 0.3) is 0 Å². The van der Waals surface area contributed by atoms with Gasteiger partial charge in [0.25, 0.3) is 5.91 Å². The van der Waals surface area contributed by atoms with Gasteiger partial charge in [0.1, 0.15) is 22.9 Å². The van der Waals surface area contributed by atoms with Crippen molar-refractivity contribution in [2.24, 2.45) is 10.7 Å². The summed E-state index contributed by atoms with van der Waals surface area (Å²) in [5.74, 6) is 0.372. The number of piperidine rings is 1. The van der Waals surface area contributed by atoms with E-state index in [2.05, 4.69) is 10.3 Å². The fraction of sp³-hybridized carbons (Fsp3) is 0.370. The van der Waals surface area contributed by atoms with Crippen molar-refractivity contribution in [3.63, 3.8) is 0 Å². The third-order valence-corrected chi connectivity index (χ3v) is 5.56. The molecule has 192 valence electrons. The number of hydrogen-bond acceptors (Lipinski definition) is 8. The first-order chi connectivity index (χ1) is 17.4. The molecule has 0 radical (unpaired) electrons. The predicted molar refractivity (Wildman–Crippen MR) is 141 cm³/mol. The number of amides is 1. The first-order valence-electron chi connectivity index (χ1n) is 12.1. The molecular formula is C27H34N4O5. The number of anilines is 2. The van der Waals surface area contributed by atoms with Gasteiger partial charge in [-0.3, -0.25) is 4.79 Å². The maximum Gasteiger partial charge on any atom is 0.354 e. The summed E-state index contributed by atoms with van der Waals surface area (Å²) in [7, 11) is 1.57. The summed E-state index contributed by atoms with van der Waals surface area (Å²) in [5, 5.41) is 3.30. The number of esters is 1. The van der Waals surface area contributed by atoms with Gasteiger partial charge in [-0.2, -0.15) is 0 Å². The molecule has 9 nitrogen and oxygen atoms in total. The van der Waals surface area contributed by atoms with Crippen LogP contribution in [0.4, 0.5) is 17.1 Å². The molecule has 1 aliphatic rings. The van der Waals surface area contributed by atoms with E-state index in [4.69, 9.17) is 19.9 Å². The Bertz CT molecular complexity index is 1140. The predicted octanol–water partition coefficient (Wildman–Crippen LogP) is 4.20. The number of methoxy groups -OCH3 is 1. The van der Waals surface area contributed by atoms with E-state index in [0.29, 0.717) is 48.8 Å². The molecule has 0 aromatic heterocycles. The maximum absolute atomic E-state index is 13.8. The number of nitrogens with zero attached hydrogens (tertiary/aromatic N) is 2. The Kier molecular flexibility index (Phi) is 9.32. The number of carbonyl (C=O) groups is 2. The molecule has 2 aromatic rings. The van der Waals surface area contributed by atoms with E-state index >= 15 is 0 Å². The third kappa shape index (κ3) is 6.16. The summed E-state index contributed by atoms with van der Waals surface area (Å²) in [5.41, 5.74) is 8.56. The van der Waals surface area contributed by atoms with Crippen LogP contribution in [-0.2, 0) is 14.3 Å². The third-order valence-electron chi connectivity index (χ3n) is 5.56. The molecule has 1 heterocycles. The highest BCUT2D eigenvalue weighted by Crippen LogP contribution is 2.33. The quantitative estimate of drug-likeness (QED) is 0.376. The number of aliphatic imine (C=N–C) groups is 1. The number of hydrogen-bond donors (Lipinski definition) is 2. The van der Waals surface area contributed by atoms with Crippen LogP contribution in [0.5, 0.6) is 11.5 Å². The zero-order chi connectivity index (χ0) is 26.1. The highest BCUT2D eigenvalue weighted by Gasteiger charge is 2.33. The second kappa shape index (κ2) is 12.6. The molecule has 3 N–H and O–H groups in total. The maximum atomic E-state index is 13.8. The molecule has 0 saturated carbocycles. The van der Waals surface area contributed by atoms with Crippen molar-refractivity contribution in [3.8, 4) is 11.5 Å². The van der Waals surface area contributed by atoms with Crippen LogP contribution in [0.2, 0.25) is 0 Å². The Morgan fingerprint density at radius 3 is 2.53 bits per heavy atom. The standard InChI is InChI=1S/C27H34N4O5/c1-5-16-36-23-13-10-19(17-22(23)29-6-2)31-15-14-21(24(28)27(33)35-7-3)25(26(31)32)30-18-8-11-20(34-4)12-9-18/h8-13,17,29H,5-7,14-16,28H2,1-4H3. The van der Waals surface area contributed by atoms with Crippen molar-refractivity contribution in [3.05, 3.63) is 53.7 Å². The molecule has 0 aliphatic carbocycles. The van der Waals surface area contributed by atoms with Crippen LogP contribution >= 0.6 is 0 Å². The Labute approximate surface area is 211 Å². The zero-order valence-corrected chi connectivity index (χ0v) is 21.3. The smallest absolute Gasteiger partial charge is 0.354 e. The molecule has 0 atom stereocenters. The van der Waals surface area contributed by atoms with Gasteiger partial charge in [0, 0.05) is 24.4 Å². The van der Waals surface area contributed by atoms with Gasteiger partial charge in [-0.05, 0) is 69.2 Å². The second-order valence-corrected chi connectivity index (χ2v) is 8.04. The zero-order valence-electron chi connectivity index (χ0n) is 21.3. The average molecular weight is 495 g/mol. The van der Waals surface area contributed by atoms with E-state index in [1.807, 2.05) is 32.0 Å². The van der Waals surface area contributed by atoms with Crippen LogP contribution in [0, 0.1) is 0 Å². The van der Waals surface area contributed by atoms with E-state index in [-0.39, 0.29) is 23.9 Å². The van der Waals surface area contributed by atoms with Crippen molar-refractivity contribution in [2.45, 2.75) is 33.6 Å². The second-order valence-electron chi connectivity index (χ2n) is 8.04. The number of nitrogens with one attached hydrogen (secondary N) is 1. The fourth-order valence-electron chi connectivity index (χ4n) is 3.79. The van der Waals surface area contributed by atoms with E-state index in [1.165, 1.54) is 0 Å². The summed E-state index contributed by atoms with van der Waals surface area (Å²) in [4.78, 5) is 32.4. The highest BCUT2D eigenvalue weighted by atomic mass is 16.5. The monoisotopic (exact) mass is 494 g/mol. The van der Waals surface area contributed by atoms with Crippen LogP contribution in [0.1, 0.15) is 33.6 Å². The minimum Gasteiger partial charge on any atom is -0.497 e. The first-order valence-corrected chi connectivity index (χ1v) is 12.1. The lowest BCUT2D eigenvalue weighted by Crippen LogP contribution is -2.44. The first kappa shape index (κ1) is 26.6. The van der Waals surface area contributed by atoms with Crippen molar-refractivity contribution < 1.29 is 23.8 Å². The molecule has 1 aliphatic heterocycles. The van der Waals surface area contributed by atoms with Crippen molar-refractivity contribution in [1.82, 2.24) is 0 Å². The summed E-state index contributed by atoms with van der Waals surface area (Å²) in [6, 6.07) is 12.6. The van der Waals surface area contributed by atoms with Crippen molar-refractivity contribution in [2.75, 3.05) is 43.6 Å². The molecule has 1 fully saturated rings. The Morgan fingerprint density at radius 1 is 1.14 bits per heavy atom. The number of ether oxygens (including phenoxy) is 3. The van der Waals surface area contributed by atoms with Crippen LogP contribution in [-0.4, -0.2) is 51.0 Å². The van der Waals surface area contributed by atoms with E-state index < -0.39 is 5.97 Å². The molecular weight excluding hydrogens is 460 g/mol. The number of benzene rings is 2. The summed E-state index contributed by atoms with van der Waals surface area (Å²) < 4.78 is 16.1. The molecule has 3 rings (SSSR count). The molecule has 0 spiro atoms. The minimum atomic E-state index is -0.664. The molecule has 1 amide bonds. The Hall–Kier alpha value is -4.01. The summed E-state index contributed by atoms with van der Waals surface area (Å²) in [6.07, 6.45) is 1.23. The van der Waals surface area contributed by atoms with Gasteiger partial charge in [0.2, 0.25) is 0 Å². The molecule has 0 unspecified atom stereocenters. The topological polar surface area (TPSA) is 115 Å². The van der Waals surface area contributed by atoms with E-state index in [1.54, 1.807) is 43.2 Å². The summed E-state index contributed by atoms with van der Waals surface area (Å²) in [6.45, 7) is 7.55. The normalized spacial score (nSPS) is 16.1. The molecule has 36 heavy (non-hydrogen) atoms. The minimum absolute atomic E-state index is 0.103. The lowest BCUT2D eigenvalue weighted by Gasteiger charge is -2.30. The number of nitrogens with two attached hydrogens (primary N) is 1. The van der Waals surface area contributed by atoms with E-state index in [9.17, 15) is 9.59 Å². The Balaban J connectivity index is 2.03. The van der Waals surface area contributed by atoms with Gasteiger partial charge >= 0.3 is 5.97 Å². The Morgan fingerprint density at radius 2 is 1.89 bits per heavy atom. The summed E-state index contributed by atoms with van der Waals surface area (Å²) >= 11 is 0. The lowest BCUT2D eigenvalue weighted by molar-refractivity contribution is -0.138. The molecule has 2 aromatic carbocycles. The largest absolute Gasteiger partial charge is 0.497 e. The van der Waals surface area contributed by atoms with Crippen molar-refractivity contribution >= 4 is 34.7 Å². The van der Waals surface area contributed by atoms with Crippen LogP contribution in [0.15, 0.2) is 58.7 Å². The van der Waals surface area contributed by atoms with Gasteiger partial charge in [0.15, 0.2) is 0 Å². The number of carbonyl (C=O) groups excluding carboxylic acids is 2. The van der Waals surface area contributed by atoms with Crippen molar-refractivity contribution in [1.29, 1.82) is 0 Å². The van der Waals surface area contributed by atoms with Gasteiger partial charge in [0.05, 0.1) is 31.7 Å². The highest BCUT2D eigenvalue weighted by molar-refractivity contribution is 6.51. The number of rotatable bonds is 10. The molecule has 1 saturated heterocycles. The average Bonchev–Trinajstić information content (AvgIpc) is 2.89.